The molecule has 3 unspecified atom stereocenters. The number of carboxylic acids is 1. The van der Waals surface area contributed by atoms with Crippen molar-refractivity contribution >= 4 is 5.97 Å². The summed E-state index contributed by atoms with van der Waals surface area (Å²) in [5.41, 5.74) is 0. The number of carbonyl (C=O) groups is 1. The van der Waals surface area contributed by atoms with Crippen LogP contribution >= 0.6 is 0 Å². The first-order valence-corrected chi connectivity index (χ1v) is 7.77. The summed E-state index contributed by atoms with van der Waals surface area (Å²) < 4.78 is 0. The Bertz CT molecular complexity index is 213. The standard InChI is InChI=1S/C16H32O2/c1-5-8-10-14(9-6-2)12-15(16(17)18)11-13(4)7-3/h13-15H,5-12H2,1-4H3,(H,17,18). The zero-order valence-corrected chi connectivity index (χ0v) is 12.7. The highest BCUT2D eigenvalue weighted by Crippen LogP contribution is 2.27. The van der Waals surface area contributed by atoms with Crippen molar-refractivity contribution in [3.63, 3.8) is 0 Å². The zero-order valence-electron chi connectivity index (χ0n) is 12.7. The number of aliphatic carboxylic acids is 1. The first-order chi connectivity index (χ1) is 8.54. The summed E-state index contributed by atoms with van der Waals surface area (Å²) in [6.45, 7) is 8.71. The molecular formula is C16H32O2. The molecule has 0 amide bonds. The molecule has 0 fully saturated rings. The van der Waals surface area contributed by atoms with Crippen molar-refractivity contribution in [1.29, 1.82) is 0 Å². The third kappa shape index (κ3) is 7.73. The molecule has 0 rings (SSSR count). The van der Waals surface area contributed by atoms with Gasteiger partial charge < -0.3 is 5.11 Å². The van der Waals surface area contributed by atoms with Gasteiger partial charge in [-0.15, -0.1) is 0 Å². The molecule has 0 aliphatic carbocycles. The first kappa shape index (κ1) is 17.5. The highest BCUT2D eigenvalue weighted by atomic mass is 16.4. The monoisotopic (exact) mass is 256 g/mol. The molecule has 0 heterocycles. The largest absolute Gasteiger partial charge is 0.481 e. The summed E-state index contributed by atoms with van der Waals surface area (Å²) in [4.78, 5) is 11.4. The van der Waals surface area contributed by atoms with Crippen LogP contribution in [0.15, 0.2) is 0 Å². The summed E-state index contributed by atoms with van der Waals surface area (Å²) in [7, 11) is 0. The molecule has 0 aromatic rings. The van der Waals surface area contributed by atoms with E-state index in [9.17, 15) is 9.90 Å². The fraction of sp³-hybridized carbons (Fsp3) is 0.938. The second kappa shape index (κ2) is 10.4. The maximum absolute atomic E-state index is 11.4. The Morgan fingerprint density at radius 1 is 1.06 bits per heavy atom. The number of carboxylic acid groups (broad SMARTS) is 1. The Morgan fingerprint density at radius 2 is 1.72 bits per heavy atom. The molecule has 108 valence electrons. The summed E-state index contributed by atoms with van der Waals surface area (Å²) in [5, 5.41) is 9.36. The van der Waals surface area contributed by atoms with Crippen LogP contribution in [0.25, 0.3) is 0 Å². The van der Waals surface area contributed by atoms with Gasteiger partial charge in [-0.3, -0.25) is 4.79 Å². The van der Waals surface area contributed by atoms with Crippen molar-refractivity contribution in [3.8, 4) is 0 Å². The third-order valence-electron chi connectivity index (χ3n) is 4.01. The Hall–Kier alpha value is -0.530. The average Bonchev–Trinajstić information content (AvgIpc) is 2.34. The maximum Gasteiger partial charge on any atom is 0.306 e. The SMILES string of the molecule is CCCCC(CCC)CC(CC(C)CC)C(=O)O. The maximum atomic E-state index is 11.4. The van der Waals surface area contributed by atoms with E-state index in [1.165, 1.54) is 32.1 Å². The molecule has 3 atom stereocenters. The van der Waals surface area contributed by atoms with E-state index in [1.807, 2.05) is 0 Å². The fourth-order valence-electron chi connectivity index (χ4n) is 2.63. The smallest absolute Gasteiger partial charge is 0.306 e. The minimum Gasteiger partial charge on any atom is -0.481 e. The van der Waals surface area contributed by atoms with Gasteiger partial charge in [0.05, 0.1) is 5.92 Å². The van der Waals surface area contributed by atoms with Gasteiger partial charge in [0.25, 0.3) is 0 Å². The fourth-order valence-corrected chi connectivity index (χ4v) is 2.63. The van der Waals surface area contributed by atoms with E-state index in [0.717, 1.165) is 19.3 Å². The van der Waals surface area contributed by atoms with Crippen molar-refractivity contribution < 1.29 is 9.90 Å². The summed E-state index contributed by atoms with van der Waals surface area (Å²) in [6.07, 6.45) is 8.81. The molecule has 18 heavy (non-hydrogen) atoms. The Morgan fingerprint density at radius 3 is 2.17 bits per heavy atom. The minimum absolute atomic E-state index is 0.131. The number of unbranched alkanes of at least 4 members (excludes halogenated alkanes) is 1. The van der Waals surface area contributed by atoms with Gasteiger partial charge in [0.15, 0.2) is 0 Å². The summed E-state index contributed by atoms with van der Waals surface area (Å²) in [6, 6.07) is 0. The van der Waals surface area contributed by atoms with Gasteiger partial charge in [0.1, 0.15) is 0 Å². The Balaban J connectivity index is 4.35. The highest BCUT2D eigenvalue weighted by molar-refractivity contribution is 5.69. The van der Waals surface area contributed by atoms with E-state index in [-0.39, 0.29) is 5.92 Å². The molecule has 0 aromatic heterocycles. The van der Waals surface area contributed by atoms with Crippen LogP contribution in [0.4, 0.5) is 0 Å². The van der Waals surface area contributed by atoms with Crippen molar-refractivity contribution in [2.75, 3.05) is 0 Å². The predicted molar refractivity (Wildman–Crippen MR) is 77.7 cm³/mol. The van der Waals surface area contributed by atoms with E-state index in [0.29, 0.717) is 11.8 Å². The van der Waals surface area contributed by atoms with Gasteiger partial charge >= 0.3 is 5.97 Å². The number of hydrogen-bond acceptors (Lipinski definition) is 1. The average molecular weight is 256 g/mol. The van der Waals surface area contributed by atoms with Crippen LogP contribution in [0.1, 0.15) is 79.1 Å². The summed E-state index contributed by atoms with van der Waals surface area (Å²) in [5.74, 6) is 0.418. The van der Waals surface area contributed by atoms with Gasteiger partial charge in [-0.05, 0) is 24.7 Å². The molecule has 0 aromatic carbocycles. The lowest BCUT2D eigenvalue weighted by Crippen LogP contribution is -2.20. The van der Waals surface area contributed by atoms with Crippen LogP contribution < -0.4 is 0 Å². The summed E-state index contributed by atoms with van der Waals surface area (Å²) >= 11 is 0. The Labute approximate surface area is 113 Å². The lowest BCUT2D eigenvalue weighted by Gasteiger charge is -2.22. The van der Waals surface area contributed by atoms with E-state index < -0.39 is 5.97 Å². The van der Waals surface area contributed by atoms with Crippen LogP contribution in [0.2, 0.25) is 0 Å². The molecule has 2 nitrogen and oxygen atoms in total. The molecular weight excluding hydrogens is 224 g/mol. The van der Waals surface area contributed by atoms with Crippen molar-refractivity contribution in [2.45, 2.75) is 79.1 Å². The molecule has 0 spiro atoms. The van der Waals surface area contributed by atoms with Gasteiger partial charge in [-0.25, -0.2) is 0 Å². The third-order valence-corrected chi connectivity index (χ3v) is 4.01. The first-order valence-electron chi connectivity index (χ1n) is 7.77. The van der Waals surface area contributed by atoms with Crippen molar-refractivity contribution in [3.05, 3.63) is 0 Å². The van der Waals surface area contributed by atoms with Gasteiger partial charge in [0.2, 0.25) is 0 Å². The molecule has 0 saturated carbocycles. The molecule has 0 radical (unpaired) electrons. The van der Waals surface area contributed by atoms with Crippen LogP contribution in [-0.4, -0.2) is 11.1 Å². The van der Waals surface area contributed by atoms with E-state index >= 15 is 0 Å². The Kier molecular flexibility index (Phi) is 10.1. The lowest BCUT2D eigenvalue weighted by molar-refractivity contribution is -0.143. The van der Waals surface area contributed by atoms with Crippen LogP contribution in [0.3, 0.4) is 0 Å². The molecule has 0 aliphatic rings. The topological polar surface area (TPSA) is 37.3 Å². The quantitative estimate of drug-likeness (QED) is 0.557. The molecule has 1 N–H and O–H groups in total. The minimum atomic E-state index is -0.590. The van der Waals surface area contributed by atoms with Crippen molar-refractivity contribution in [2.24, 2.45) is 17.8 Å². The normalized spacial score (nSPS) is 16.2. The van der Waals surface area contributed by atoms with Gasteiger partial charge in [-0.1, -0.05) is 66.2 Å². The van der Waals surface area contributed by atoms with Crippen LogP contribution in [0.5, 0.6) is 0 Å². The van der Waals surface area contributed by atoms with Gasteiger partial charge in [-0.2, -0.15) is 0 Å². The zero-order chi connectivity index (χ0) is 14.0. The van der Waals surface area contributed by atoms with E-state index in [4.69, 9.17) is 0 Å². The lowest BCUT2D eigenvalue weighted by atomic mass is 9.83. The van der Waals surface area contributed by atoms with E-state index in [1.54, 1.807) is 0 Å². The van der Waals surface area contributed by atoms with Gasteiger partial charge in [0, 0.05) is 0 Å². The van der Waals surface area contributed by atoms with E-state index in [2.05, 4.69) is 27.7 Å². The second-order valence-corrected chi connectivity index (χ2v) is 5.82. The van der Waals surface area contributed by atoms with Crippen LogP contribution in [-0.2, 0) is 4.79 Å². The molecule has 0 bridgehead atoms. The molecule has 2 heteroatoms. The number of hydrogen-bond donors (Lipinski definition) is 1. The molecule has 0 aliphatic heterocycles. The highest BCUT2D eigenvalue weighted by Gasteiger charge is 2.23. The predicted octanol–water partition coefficient (Wildman–Crippen LogP) is 5.12. The molecule has 0 saturated heterocycles. The van der Waals surface area contributed by atoms with Crippen molar-refractivity contribution in [1.82, 2.24) is 0 Å². The second-order valence-electron chi connectivity index (χ2n) is 5.82. The number of rotatable bonds is 11. The van der Waals surface area contributed by atoms with Crippen LogP contribution in [0, 0.1) is 17.8 Å².